The number of carbonyl (C=O) groups is 1. The number of imidazole rings is 1. The lowest BCUT2D eigenvalue weighted by atomic mass is 10.1. The summed E-state index contributed by atoms with van der Waals surface area (Å²) in [6, 6.07) is 11.2. The number of aromatic nitrogens is 2. The van der Waals surface area contributed by atoms with Crippen molar-refractivity contribution in [1.29, 1.82) is 0 Å². The second-order valence-corrected chi connectivity index (χ2v) is 7.87. The molecular weight excluding hydrogens is 437 g/mol. The topological polar surface area (TPSA) is 92.0 Å². The third-order valence-corrected chi connectivity index (χ3v) is 5.53. The number of aliphatic hydroxyl groups excluding tert-OH is 1. The Balaban J connectivity index is 1.66. The van der Waals surface area contributed by atoms with Gasteiger partial charge in [0.1, 0.15) is 17.3 Å². The molecule has 34 heavy (non-hydrogen) atoms. The zero-order valence-corrected chi connectivity index (χ0v) is 19.2. The highest BCUT2D eigenvalue weighted by atomic mass is 19.1. The van der Waals surface area contributed by atoms with Crippen molar-refractivity contribution in [1.82, 2.24) is 19.8 Å². The molecule has 1 fully saturated rings. The fourth-order valence-electron chi connectivity index (χ4n) is 3.80. The Morgan fingerprint density at radius 2 is 2.03 bits per heavy atom. The fourth-order valence-corrected chi connectivity index (χ4v) is 3.80. The summed E-state index contributed by atoms with van der Waals surface area (Å²) in [5.74, 6) is 0.337. The minimum Gasteiger partial charge on any atom is -0.495 e. The molecule has 176 valence electrons. The number of aliphatic imine (C=N–C) groups is 1. The summed E-state index contributed by atoms with van der Waals surface area (Å²) in [6.45, 7) is 3.74. The molecule has 0 spiro atoms. The van der Waals surface area contributed by atoms with Crippen LogP contribution in [0.5, 0.6) is 5.75 Å². The van der Waals surface area contributed by atoms with E-state index < -0.39 is 6.04 Å². The van der Waals surface area contributed by atoms with Gasteiger partial charge in [-0.2, -0.15) is 0 Å². The van der Waals surface area contributed by atoms with E-state index in [0.717, 1.165) is 22.5 Å². The highest BCUT2D eigenvalue weighted by Crippen LogP contribution is 2.29. The van der Waals surface area contributed by atoms with Gasteiger partial charge in [-0.25, -0.2) is 9.37 Å². The van der Waals surface area contributed by atoms with Gasteiger partial charge >= 0.3 is 0 Å². The van der Waals surface area contributed by atoms with Crippen LogP contribution in [0.15, 0.2) is 65.7 Å². The second-order valence-electron chi connectivity index (χ2n) is 7.87. The van der Waals surface area contributed by atoms with Crippen LogP contribution in [0.25, 0.3) is 11.8 Å². The van der Waals surface area contributed by atoms with Gasteiger partial charge in [0.05, 0.1) is 44.0 Å². The number of benzene rings is 2. The van der Waals surface area contributed by atoms with E-state index >= 15 is 0 Å². The molecule has 1 aromatic heterocycles. The van der Waals surface area contributed by atoms with E-state index in [1.807, 2.05) is 42.8 Å². The van der Waals surface area contributed by atoms with Crippen LogP contribution in [-0.4, -0.2) is 51.7 Å². The lowest BCUT2D eigenvalue weighted by Crippen LogP contribution is -2.35. The largest absolute Gasteiger partial charge is 0.495 e. The molecule has 2 N–H and O–H groups in total. The van der Waals surface area contributed by atoms with Crippen LogP contribution in [0.3, 0.4) is 0 Å². The maximum atomic E-state index is 13.4. The predicted octanol–water partition coefficient (Wildman–Crippen LogP) is 3.21. The number of methoxy groups -OCH3 is 1. The average molecular weight is 464 g/mol. The smallest absolute Gasteiger partial charge is 0.277 e. The van der Waals surface area contributed by atoms with E-state index in [1.165, 1.54) is 17.0 Å². The molecule has 4 rings (SSSR count). The summed E-state index contributed by atoms with van der Waals surface area (Å²) in [5.41, 5.74) is 3.56. The van der Waals surface area contributed by atoms with Gasteiger partial charge in [-0.1, -0.05) is 18.2 Å². The van der Waals surface area contributed by atoms with Crippen molar-refractivity contribution in [2.45, 2.75) is 19.9 Å². The van der Waals surface area contributed by atoms with Crippen molar-refractivity contribution in [3.05, 3.63) is 83.3 Å². The van der Waals surface area contributed by atoms with Crippen LogP contribution in [0, 0.1) is 12.7 Å². The van der Waals surface area contributed by atoms with Crippen molar-refractivity contribution in [3.63, 3.8) is 0 Å². The summed E-state index contributed by atoms with van der Waals surface area (Å²) in [5, 5.41) is 12.3. The van der Waals surface area contributed by atoms with Gasteiger partial charge in [-0.15, -0.1) is 0 Å². The quantitative estimate of drug-likeness (QED) is 0.525. The first-order valence-corrected chi connectivity index (χ1v) is 10.8. The van der Waals surface area contributed by atoms with Crippen molar-refractivity contribution in [2.75, 3.05) is 20.3 Å². The Morgan fingerprint density at radius 1 is 1.26 bits per heavy atom. The monoisotopic (exact) mass is 463 g/mol. The van der Waals surface area contributed by atoms with Crippen LogP contribution in [0.1, 0.15) is 29.8 Å². The van der Waals surface area contributed by atoms with E-state index in [1.54, 1.807) is 31.6 Å². The Hall–Kier alpha value is -3.98. The Kier molecular flexibility index (Phi) is 6.74. The number of rotatable bonds is 7. The molecule has 0 aliphatic carbocycles. The van der Waals surface area contributed by atoms with Crippen molar-refractivity contribution in [2.24, 2.45) is 4.99 Å². The minimum atomic E-state index is -0.398. The first-order valence-electron chi connectivity index (χ1n) is 10.8. The van der Waals surface area contributed by atoms with E-state index in [9.17, 15) is 14.3 Å². The molecule has 0 unspecified atom stereocenters. The molecule has 1 atom stereocenters. The standard InChI is InChI=1S/C25H26FN5O3/c1-16-14-30(15-28-16)22-9-4-18(13-23(22)34-3)12-21-24(33)31(25(29-21)27-10-11-32)17(2)19-5-7-20(26)8-6-19/h4-9,12-15,17,32H,10-11H2,1-3H3,(H,27,29)/b21-12-/t17-/m0/s1. The molecular formula is C25H26FN5O3. The molecule has 3 aromatic rings. The highest BCUT2D eigenvalue weighted by molar-refractivity contribution is 6.15. The van der Waals surface area contributed by atoms with E-state index in [-0.39, 0.29) is 24.9 Å². The number of nitrogens with one attached hydrogen (secondary N) is 1. The van der Waals surface area contributed by atoms with E-state index in [2.05, 4.69) is 15.3 Å². The number of aliphatic hydroxyl groups is 1. The maximum Gasteiger partial charge on any atom is 0.277 e. The van der Waals surface area contributed by atoms with E-state index in [0.29, 0.717) is 17.4 Å². The minimum absolute atomic E-state index is 0.141. The van der Waals surface area contributed by atoms with Crippen LogP contribution < -0.4 is 10.1 Å². The summed E-state index contributed by atoms with van der Waals surface area (Å²) in [4.78, 5) is 23.4. The first-order chi connectivity index (χ1) is 16.4. The number of guanidine groups is 1. The van der Waals surface area contributed by atoms with Gasteiger partial charge in [-0.3, -0.25) is 14.7 Å². The number of amides is 1. The van der Waals surface area contributed by atoms with Crippen molar-refractivity contribution < 1.29 is 19.0 Å². The molecule has 1 saturated heterocycles. The number of aryl methyl sites for hydroxylation is 1. The number of halogens is 1. The molecule has 2 heterocycles. The zero-order chi connectivity index (χ0) is 24.2. The van der Waals surface area contributed by atoms with Gasteiger partial charge in [0.2, 0.25) is 5.96 Å². The highest BCUT2D eigenvalue weighted by Gasteiger charge is 2.36. The van der Waals surface area contributed by atoms with Gasteiger partial charge in [0.15, 0.2) is 0 Å². The second kappa shape index (κ2) is 9.88. The molecule has 0 radical (unpaired) electrons. The predicted molar refractivity (Wildman–Crippen MR) is 127 cm³/mol. The Bertz CT molecular complexity index is 1250. The molecule has 8 nitrogen and oxygen atoms in total. The number of hydrogen-bond donors (Lipinski definition) is 2. The third-order valence-electron chi connectivity index (χ3n) is 5.53. The molecule has 1 aliphatic heterocycles. The van der Waals surface area contributed by atoms with Gasteiger partial charge in [0, 0.05) is 6.20 Å². The molecule has 0 saturated carbocycles. The first kappa shape index (κ1) is 23.2. The number of carbonyl (C=O) groups excluding carboxylic acids is 1. The van der Waals surface area contributed by atoms with Crippen LogP contribution in [0.4, 0.5) is 4.39 Å². The molecule has 2 aromatic carbocycles. The molecule has 1 aliphatic rings. The molecule has 1 amide bonds. The summed E-state index contributed by atoms with van der Waals surface area (Å²) in [7, 11) is 1.59. The fraction of sp³-hybridized carbons (Fsp3) is 0.240. The number of hydrogen-bond acceptors (Lipinski definition) is 5. The summed E-state index contributed by atoms with van der Waals surface area (Å²) in [6.07, 6.45) is 5.34. The number of nitrogens with zero attached hydrogens (tertiary/aromatic N) is 4. The van der Waals surface area contributed by atoms with Gasteiger partial charge < -0.3 is 19.7 Å². The van der Waals surface area contributed by atoms with Gasteiger partial charge in [-0.05, 0) is 55.3 Å². The lowest BCUT2D eigenvalue weighted by molar-refractivity contribution is -0.123. The third kappa shape index (κ3) is 4.69. The Morgan fingerprint density at radius 3 is 2.68 bits per heavy atom. The van der Waals surface area contributed by atoms with Crippen molar-refractivity contribution in [3.8, 4) is 11.4 Å². The lowest BCUT2D eigenvalue weighted by Gasteiger charge is -2.23. The van der Waals surface area contributed by atoms with Gasteiger partial charge in [0.25, 0.3) is 5.91 Å². The molecule has 0 bridgehead atoms. The average Bonchev–Trinajstić information content (AvgIpc) is 3.40. The van der Waals surface area contributed by atoms with Crippen molar-refractivity contribution >= 4 is 17.9 Å². The maximum absolute atomic E-state index is 13.4. The SMILES string of the molecule is COc1cc(/C=C2\N/C(=N\CCO)N([C@@H](C)c3ccc(F)cc3)C2=O)ccc1-n1cnc(C)c1. The molecule has 9 heteroatoms. The Labute approximate surface area is 197 Å². The zero-order valence-electron chi connectivity index (χ0n) is 19.2. The summed E-state index contributed by atoms with van der Waals surface area (Å²) >= 11 is 0. The summed E-state index contributed by atoms with van der Waals surface area (Å²) < 4.78 is 20.8. The van der Waals surface area contributed by atoms with Crippen LogP contribution >= 0.6 is 0 Å². The van der Waals surface area contributed by atoms with Crippen LogP contribution in [-0.2, 0) is 4.79 Å². The number of ether oxygens (including phenoxy) is 1. The van der Waals surface area contributed by atoms with E-state index in [4.69, 9.17) is 4.74 Å². The van der Waals surface area contributed by atoms with Crippen LogP contribution in [0.2, 0.25) is 0 Å². The normalized spacial score (nSPS) is 16.9.